The minimum atomic E-state index is -0.856. The predicted molar refractivity (Wildman–Crippen MR) is 61.8 cm³/mol. The van der Waals surface area contributed by atoms with Crippen molar-refractivity contribution in [3.05, 3.63) is 35.6 Å². The molecular formula is C10H8N2O2S2. The third-order valence-corrected chi connectivity index (χ3v) is 3.71. The third-order valence-electron chi connectivity index (χ3n) is 1.72. The first-order valence-corrected chi connectivity index (χ1v) is 6.18. The first-order chi connectivity index (χ1) is 7.74. The summed E-state index contributed by atoms with van der Waals surface area (Å²) in [6.45, 7) is 0. The fourth-order valence-corrected chi connectivity index (χ4v) is 2.87. The first-order valence-electron chi connectivity index (χ1n) is 4.48. The lowest BCUT2D eigenvalue weighted by molar-refractivity contribution is -0.136. The fraction of sp³-hybridized carbons (Fsp3) is 0.100. The van der Waals surface area contributed by atoms with E-state index in [2.05, 4.69) is 9.97 Å². The molecule has 0 aromatic carbocycles. The molecule has 2 rings (SSSR count). The van der Waals surface area contributed by atoms with E-state index in [-0.39, 0.29) is 6.42 Å². The van der Waals surface area contributed by atoms with Gasteiger partial charge in [0, 0.05) is 22.7 Å². The Morgan fingerprint density at radius 2 is 2.19 bits per heavy atom. The summed E-state index contributed by atoms with van der Waals surface area (Å²) in [6.07, 6.45) is 3.41. The number of hydrogen-bond acceptors (Lipinski definition) is 5. The zero-order valence-corrected chi connectivity index (χ0v) is 9.79. The number of carbonyl (C=O) groups is 1. The van der Waals surface area contributed by atoms with Gasteiger partial charge in [0.25, 0.3) is 0 Å². The van der Waals surface area contributed by atoms with Gasteiger partial charge in [0.2, 0.25) is 0 Å². The SMILES string of the molecule is O=C(O)Cc1csc(Sc2ccncc2)n1. The maximum atomic E-state index is 10.5. The van der Waals surface area contributed by atoms with Gasteiger partial charge < -0.3 is 5.11 Å². The number of hydrogen-bond donors (Lipinski definition) is 1. The third kappa shape index (κ3) is 3.04. The monoisotopic (exact) mass is 252 g/mol. The first kappa shape index (κ1) is 11.1. The molecule has 0 aliphatic rings. The Bertz CT molecular complexity index is 485. The molecule has 2 aromatic rings. The van der Waals surface area contributed by atoms with Gasteiger partial charge in [0.1, 0.15) is 0 Å². The summed E-state index contributed by atoms with van der Waals surface area (Å²) in [4.78, 5) is 19.7. The molecule has 0 saturated carbocycles. The second kappa shape index (κ2) is 5.09. The van der Waals surface area contributed by atoms with Crippen molar-refractivity contribution in [2.75, 3.05) is 0 Å². The number of carboxylic acids is 1. The molecule has 2 aromatic heterocycles. The second-order valence-corrected chi connectivity index (χ2v) is 5.14. The number of aromatic nitrogens is 2. The van der Waals surface area contributed by atoms with Crippen molar-refractivity contribution in [3.8, 4) is 0 Å². The Morgan fingerprint density at radius 3 is 2.88 bits per heavy atom. The highest BCUT2D eigenvalue weighted by Gasteiger charge is 2.07. The summed E-state index contributed by atoms with van der Waals surface area (Å²) in [5.74, 6) is -0.856. The summed E-state index contributed by atoms with van der Waals surface area (Å²) >= 11 is 2.96. The molecule has 0 saturated heterocycles. The van der Waals surface area contributed by atoms with Crippen LogP contribution in [-0.2, 0) is 11.2 Å². The van der Waals surface area contributed by atoms with Gasteiger partial charge in [-0.15, -0.1) is 11.3 Å². The minimum absolute atomic E-state index is 0.0204. The Balaban J connectivity index is 2.06. The number of thiazole rings is 1. The predicted octanol–water partition coefficient (Wildman–Crippen LogP) is 2.32. The molecule has 82 valence electrons. The molecule has 6 heteroatoms. The number of carboxylic acid groups (broad SMARTS) is 1. The van der Waals surface area contributed by atoms with Crippen molar-refractivity contribution in [1.82, 2.24) is 9.97 Å². The van der Waals surface area contributed by atoms with Gasteiger partial charge in [-0.2, -0.15) is 0 Å². The van der Waals surface area contributed by atoms with E-state index < -0.39 is 5.97 Å². The van der Waals surface area contributed by atoms with Crippen LogP contribution in [0.2, 0.25) is 0 Å². The van der Waals surface area contributed by atoms with Crippen LogP contribution in [0, 0.1) is 0 Å². The van der Waals surface area contributed by atoms with Gasteiger partial charge in [-0.05, 0) is 12.1 Å². The molecule has 0 spiro atoms. The van der Waals surface area contributed by atoms with Gasteiger partial charge in [-0.1, -0.05) is 11.8 Å². The summed E-state index contributed by atoms with van der Waals surface area (Å²) in [6, 6.07) is 3.78. The van der Waals surface area contributed by atoms with E-state index in [0.29, 0.717) is 5.69 Å². The fourth-order valence-electron chi connectivity index (χ4n) is 1.08. The van der Waals surface area contributed by atoms with Crippen LogP contribution in [-0.4, -0.2) is 21.0 Å². The lowest BCUT2D eigenvalue weighted by Crippen LogP contribution is -1.99. The highest BCUT2D eigenvalue weighted by Crippen LogP contribution is 2.29. The van der Waals surface area contributed by atoms with Crippen molar-refractivity contribution >= 4 is 29.1 Å². The molecule has 1 N–H and O–H groups in total. The van der Waals surface area contributed by atoms with Gasteiger partial charge in [-0.3, -0.25) is 9.78 Å². The zero-order chi connectivity index (χ0) is 11.4. The Kier molecular flexibility index (Phi) is 3.53. The molecule has 16 heavy (non-hydrogen) atoms. The van der Waals surface area contributed by atoms with E-state index in [1.54, 1.807) is 17.8 Å². The number of nitrogens with zero attached hydrogens (tertiary/aromatic N) is 2. The summed E-state index contributed by atoms with van der Waals surface area (Å²) in [5.41, 5.74) is 0.606. The van der Waals surface area contributed by atoms with Crippen molar-refractivity contribution in [3.63, 3.8) is 0 Å². The van der Waals surface area contributed by atoms with E-state index in [9.17, 15) is 4.79 Å². The Labute approximate surface area is 100 Å². The van der Waals surface area contributed by atoms with E-state index >= 15 is 0 Å². The van der Waals surface area contributed by atoms with E-state index in [1.807, 2.05) is 12.1 Å². The normalized spacial score (nSPS) is 10.2. The Hall–Kier alpha value is -1.40. The summed E-state index contributed by atoms with van der Waals surface area (Å²) < 4.78 is 0.849. The van der Waals surface area contributed by atoms with Crippen LogP contribution in [0.25, 0.3) is 0 Å². The highest BCUT2D eigenvalue weighted by atomic mass is 32.2. The van der Waals surface area contributed by atoms with E-state index in [1.165, 1.54) is 23.1 Å². The van der Waals surface area contributed by atoms with Crippen LogP contribution in [0.1, 0.15) is 5.69 Å². The van der Waals surface area contributed by atoms with E-state index in [0.717, 1.165) is 9.24 Å². The van der Waals surface area contributed by atoms with Crippen LogP contribution in [0.4, 0.5) is 0 Å². The molecule has 0 unspecified atom stereocenters. The molecule has 4 nitrogen and oxygen atoms in total. The standard InChI is InChI=1S/C10H8N2O2S2/c13-9(14)5-7-6-15-10(12-7)16-8-1-3-11-4-2-8/h1-4,6H,5H2,(H,13,14). The average molecular weight is 252 g/mol. The van der Waals surface area contributed by atoms with Gasteiger partial charge in [0.05, 0.1) is 12.1 Å². The summed E-state index contributed by atoms with van der Waals surface area (Å²) in [5, 5.41) is 10.4. The van der Waals surface area contributed by atoms with Gasteiger partial charge in [-0.25, -0.2) is 4.98 Å². The molecular weight excluding hydrogens is 244 g/mol. The molecule has 0 radical (unpaired) electrons. The zero-order valence-electron chi connectivity index (χ0n) is 8.16. The average Bonchev–Trinajstić information content (AvgIpc) is 2.66. The molecule has 0 fully saturated rings. The molecule has 0 bridgehead atoms. The van der Waals surface area contributed by atoms with Crippen LogP contribution < -0.4 is 0 Å². The molecule has 0 aliphatic heterocycles. The lowest BCUT2D eigenvalue weighted by Gasteiger charge is -1.94. The van der Waals surface area contributed by atoms with Gasteiger partial charge in [0.15, 0.2) is 4.34 Å². The van der Waals surface area contributed by atoms with Crippen LogP contribution in [0.15, 0.2) is 39.1 Å². The smallest absolute Gasteiger partial charge is 0.309 e. The summed E-state index contributed by atoms with van der Waals surface area (Å²) in [7, 11) is 0. The van der Waals surface area contributed by atoms with Crippen LogP contribution in [0.3, 0.4) is 0 Å². The van der Waals surface area contributed by atoms with E-state index in [4.69, 9.17) is 5.11 Å². The Morgan fingerprint density at radius 1 is 1.44 bits per heavy atom. The maximum absolute atomic E-state index is 10.5. The van der Waals surface area contributed by atoms with Crippen molar-refractivity contribution in [2.24, 2.45) is 0 Å². The van der Waals surface area contributed by atoms with Gasteiger partial charge >= 0.3 is 5.97 Å². The largest absolute Gasteiger partial charge is 0.481 e. The number of rotatable bonds is 4. The quantitative estimate of drug-likeness (QED) is 0.904. The van der Waals surface area contributed by atoms with Crippen LogP contribution in [0.5, 0.6) is 0 Å². The van der Waals surface area contributed by atoms with Crippen molar-refractivity contribution < 1.29 is 9.90 Å². The molecule has 0 amide bonds. The molecule has 0 aliphatic carbocycles. The van der Waals surface area contributed by atoms with Crippen molar-refractivity contribution in [2.45, 2.75) is 15.7 Å². The topological polar surface area (TPSA) is 63.1 Å². The number of aliphatic carboxylic acids is 1. The van der Waals surface area contributed by atoms with Crippen LogP contribution >= 0.6 is 23.1 Å². The molecule has 0 atom stereocenters. The van der Waals surface area contributed by atoms with Crippen molar-refractivity contribution in [1.29, 1.82) is 0 Å². The second-order valence-electron chi connectivity index (χ2n) is 2.96. The molecule has 2 heterocycles. The lowest BCUT2D eigenvalue weighted by atomic mass is 10.3. The highest BCUT2D eigenvalue weighted by molar-refractivity contribution is 8.01. The maximum Gasteiger partial charge on any atom is 0.309 e. The minimum Gasteiger partial charge on any atom is -0.481 e. The number of pyridine rings is 1.